The number of allylic oxidation sites excluding steroid dienone is 1. The van der Waals surface area contributed by atoms with Gasteiger partial charge >= 0.3 is 0 Å². The summed E-state index contributed by atoms with van der Waals surface area (Å²) in [5, 5.41) is 0. The Labute approximate surface area is 70.7 Å². The normalized spacial score (nSPS) is 20.6. The summed E-state index contributed by atoms with van der Waals surface area (Å²) in [5.41, 5.74) is 1.80. The molecule has 0 bridgehead atoms. The van der Waals surface area contributed by atoms with Gasteiger partial charge in [-0.3, -0.25) is 0 Å². The van der Waals surface area contributed by atoms with E-state index in [0.717, 1.165) is 5.92 Å². The summed E-state index contributed by atoms with van der Waals surface area (Å²) in [6.45, 7) is 11.0. The van der Waals surface area contributed by atoms with Crippen molar-refractivity contribution in [3.63, 3.8) is 0 Å². The summed E-state index contributed by atoms with van der Waals surface area (Å²) < 4.78 is 0. The van der Waals surface area contributed by atoms with E-state index in [4.69, 9.17) is 0 Å². The number of hydrogen-bond donors (Lipinski definition) is 0. The van der Waals surface area contributed by atoms with E-state index >= 15 is 0 Å². The molecule has 0 heteroatoms. The Bertz CT molecular complexity index is 142. The summed E-state index contributed by atoms with van der Waals surface area (Å²) in [6.07, 6.45) is 5.60. The van der Waals surface area contributed by atoms with Gasteiger partial charge in [0.2, 0.25) is 0 Å². The van der Waals surface area contributed by atoms with Crippen LogP contribution in [0.25, 0.3) is 0 Å². The number of hydrogen-bond acceptors (Lipinski definition) is 0. The molecule has 0 unspecified atom stereocenters. The molecular weight excluding hydrogens is 132 g/mol. The van der Waals surface area contributed by atoms with Gasteiger partial charge < -0.3 is 0 Å². The maximum absolute atomic E-state index is 4.21. The Morgan fingerprint density at radius 2 is 1.64 bits per heavy atom. The van der Waals surface area contributed by atoms with Crippen LogP contribution in [0.15, 0.2) is 12.2 Å². The van der Waals surface area contributed by atoms with E-state index in [1.807, 2.05) is 0 Å². The highest BCUT2D eigenvalue weighted by Crippen LogP contribution is 2.38. The lowest BCUT2D eigenvalue weighted by atomic mass is 9.79. The van der Waals surface area contributed by atoms with Crippen molar-refractivity contribution >= 4 is 0 Å². The molecule has 0 radical (unpaired) electrons. The van der Waals surface area contributed by atoms with Crippen LogP contribution < -0.4 is 0 Å². The van der Waals surface area contributed by atoms with Gasteiger partial charge in [-0.25, -0.2) is 0 Å². The molecule has 0 atom stereocenters. The molecule has 0 saturated heterocycles. The summed E-state index contributed by atoms with van der Waals surface area (Å²) in [4.78, 5) is 0. The lowest BCUT2D eigenvalue weighted by Crippen LogP contribution is -2.14. The lowest BCUT2D eigenvalue weighted by Gasteiger charge is -2.26. The standard InChI is InChI=1S/C11H20/c1-9(11(2,3)4)10-7-5-6-8-10/h10H,1,5-8H2,2-4H3. The first-order chi connectivity index (χ1) is 5.02. The van der Waals surface area contributed by atoms with Crippen LogP contribution in [-0.4, -0.2) is 0 Å². The SMILES string of the molecule is C=C(C1CCCC1)C(C)(C)C. The monoisotopic (exact) mass is 152 g/mol. The maximum Gasteiger partial charge on any atom is -0.0173 e. The Morgan fingerprint density at radius 1 is 1.18 bits per heavy atom. The Kier molecular flexibility index (Phi) is 2.41. The molecule has 0 nitrogen and oxygen atoms in total. The van der Waals surface area contributed by atoms with E-state index in [1.54, 1.807) is 0 Å². The minimum Gasteiger partial charge on any atom is -0.0991 e. The van der Waals surface area contributed by atoms with E-state index in [-0.39, 0.29) is 0 Å². The molecule has 1 saturated carbocycles. The largest absolute Gasteiger partial charge is 0.0991 e. The zero-order valence-corrected chi connectivity index (χ0v) is 8.11. The molecule has 11 heavy (non-hydrogen) atoms. The second-order valence-corrected chi connectivity index (χ2v) is 4.76. The highest BCUT2D eigenvalue weighted by atomic mass is 14.3. The van der Waals surface area contributed by atoms with Gasteiger partial charge in [0.25, 0.3) is 0 Å². The molecule has 0 spiro atoms. The van der Waals surface area contributed by atoms with Crippen molar-refractivity contribution in [1.82, 2.24) is 0 Å². The molecule has 0 aromatic rings. The smallest absolute Gasteiger partial charge is 0.0173 e. The molecule has 1 rings (SSSR count). The van der Waals surface area contributed by atoms with Crippen LogP contribution in [0, 0.1) is 11.3 Å². The van der Waals surface area contributed by atoms with E-state index in [0.29, 0.717) is 5.41 Å². The van der Waals surface area contributed by atoms with E-state index in [9.17, 15) is 0 Å². The van der Waals surface area contributed by atoms with E-state index in [1.165, 1.54) is 31.3 Å². The van der Waals surface area contributed by atoms with Gasteiger partial charge in [-0.2, -0.15) is 0 Å². The predicted molar refractivity (Wildman–Crippen MR) is 50.6 cm³/mol. The van der Waals surface area contributed by atoms with Gasteiger partial charge in [-0.1, -0.05) is 45.8 Å². The molecule has 1 aliphatic carbocycles. The number of rotatable bonds is 1. The lowest BCUT2D eigenvalue weighted by molar-refractivity contribution is 0.426. The van der Waals surface area contributed by atoms with Gasteiger partial charge in [0.05, 0.1) is 0 Å². The van der Waals surface area contributed by atoms with Gasteiger partial charge in [-0.05, 0) is 24.2 Å². The van der Waals surface area contributed by atoms with Crippen molar-refractivity contribution in [2.75, 3.05) is 0 Å². The molecule has 64 valence electrons. The van der Waals surface area contributed by atoms with Crippen molar-refractivity contribution in [2.24, 2.45) is 11.3 Å². The van der Waals surface area contributed by atoms with Crippen molar-refractivity contribution in [1.29, 1.82) is 0 Å². The topological polar surface area (TPSA) is 0 Å². The van der Waals surface area contributed by atoms with Gasteiger partial charge in [0, 0.05) is 0 Å². The Balaban J connectivity index is 2.53. The van der Waals surface area contributed by atoms with Crippen LogP contribution in [0.5, 0.6) is 0 Å². The molecule has 0 amide bonds. The first-order valence-electron chi connectivity index (χ1n) is 4.71. The molecule has 1 aliphatic rings. The van der Waals surface area contributed by atoms with Crippen LogP contribution in [0.4, 0.5) is 0 Å². The third-order valence-corrected chi connectivity index (χ3v) is 2.81. The maximum atomic E-state index is 4.21. The van der Waals surface area contributed by atoms with Gasteiger partial charge in [-0.15, -0.1) is 0 Å². The highest BCUT2D eigenvalue weighted by Gasteiger charge is 2.25. The zero-order valence-electron chi connectivity index (χ0n) is 8.11. The molecule has 0 aromatic carbocycles. The molecule has 0 aliphatic heterocycles. The Hall–Kier alpha value is -0.260. The fourth-order valence-corrected chi connectivity index (χ4v) is 1.89. The minimum absolute atomic E-state index is 0.328. The second-order valence-electron chi connectivity index (χ2n) is 4.76. The van der Waals surface area contributed by atoms with Crippen LogP contribution in [0.3, 0.4) is 0 Å². The molecular formula is C11H20. The first-order valence-corrected chi connectivity index (χ1v) is 4.71. The molecule has 0 heterocycles. The molecule has 0 N–H and O–H groups in total. The quantitative estimate of drug-likeness (QED) is 0.502. The summed E-state index contributed by atoms with van der Waals surface area (Å²) >= 11 is 0. The first kappa shape index (κ1) is 8.83. The molecule has 1 fully saturated rings. The predicted octanol–water partition coefficient (Wildman–Crippen LogP) is 3.78. The minimum atomic E-state index is 0.328. The third-order valence-electron chi connectivity index (χ3n) is 2.81. The fourth-order valence-electron chi connectivity index (χ4n) is 1.89. The fraction of sp³-hybridized carbons (Fsp3) is 0.818. The van der Waals surface area contributed by atoms with Crippen molar-refractivity contribution in [2.45, 2.75) is 46.5 Å². The average molecular weight is 152 g/mol. The van der Waals surface area contributed by atoms with Crippen LogP contribution >= 0.6 is 0 Å². The summed E-state index contributed by atoms with van der Waals surface area (Å²) in [5.74, 6) is 0.829. The summed E-state index contributed by atoms with van der Waals surface area (Å²) in [7, 11) is 0. The van der Waals surface area contributed by atoms with E-state index < -0.39 is 0 Å². The third kappa shape index (κ3) is 2.08. The summed E-state index contributed by atoms with van der Waals surface area (Å²) in [6, 6.07) is 0. The van der Waals surface area contributed by atoms with Crippen molar-refractivity contribution in [3.05, 3.63) is 12.2 Å². The van der Waals surface area contributed by atoms with Gasteiger partial charge in [0.1, 0.15) is 0 Å². The van der Waals surface area contributed by atoms with Crippen LogP contribution in [0.1, 0.15) is 46.5 Å². The molecule has 0 aromatic heterocycles. The van der Waals surface area contributed by atoms with E-state index in [2.05, 4.69) is 27.4 Å². The van der Waals surface area contributed by atoms with Crippen LogP contribution in [0.2, 0.25) is 0 Å². The van der Waals surface area contributed by atoms with Crippen LogP contribution in [-0.2, 0) is 0 Å². The second kappa shape index (κ2) is 3.00. The Morgan fingerprint density at radius 3 is 2.00 bits per heavy atom. The zero-order chi connectivity index (χ0) is 8.48. The van der Waals surface area contributed by atoms with Crippen molar-refractivity contribution < 1.29 is 0 Å². The van der Waals surface area contributed by atoms with Gasteiger partial charge in [0.15, 0.2) is 0 Å². The van der Waals surface area contributed by atoms with Crippen molar-refractivity contribution in [3.8, 4) is 0 Å². The average Bonchev–Trinajstić information content (AvgIpc) is 2.34. The highest BCUT2D eigenvalue weighted by molar-refractivity contribution is 5.10.